The van der Waals surface area contributed by atoms with Crippen molar-refractivity contribution in [1.29, 1.82) is 0 Å². The molecular weight excluding hydrogens is 364 g/mol. The molecule has 6 heteroatoms. The van der Waals surface area contributed by atoms with Gasteiger partial charge in [0, 0.05) is 43.3 Å². The van der Waals surface area contributed by atoms with Gasteiger partial charge < -0.3 is 20.3 Å². The molecule has 6 nitrogen and oxygen atoms in total. The zero-order valence-electron chi connectivity index (χ0n) is 16.4. The van der Waals surface area contributed by atoms with Crippen LogP contribution < -0.4 is 15.5 Å². The molecule has 1 aromatic heterocycles. The smallest absolute Gasteiger partial charge is 0.221 e. The van der Waals surface area contributed by atoms with Crippen LogP contribution in [0.5, 0.6) is 0 Å². The van der Waals surface area contributed by atoms with E-state index in [0.717, 1.165) is 54.6 Å². The van der Waals surface area contributed by atoms with Gasteiger partial charge in [-0.2, -0.15) is 0 Å². The highest BCUT2D eigenvalue weighted by Gasteiger charge is 2.11. The van der Waals surface area contributed by atoms with Crippen LogP contribution in [-0.4, -0.2) is 37.2 Å². The van der Waals surface area contributed by atoms with Gasteiger partial charge in [-0.05, 0) is 59.7 Å². The number of anilines is 4. The summed E-state index contributed by atoms with van der Waals surface area (Å²) in [5, 5.41) is 6.15. The van der Waals surface area contributed by atoms with Gasteiger partial charge in [0.05, 0.1) is 13.2 Å². The number of morpholine rings is 1. The van der Waals surface area contributed by atoms with E-state index in [-0.39, 0.29) is 5.91 Å². The van der Waals surface area contributed by atoms with Crippen molar-refractivity contribution in [3.63, 3.8) is 0 Å². The van der Waals surface area contributed by atoms with Crippen LogP contribution in [0.4, 0.5) is 22.9 Å². The van der Waals surface area contributed by atoms with Crippen LogP contribution in [-0.2, 0) is 9.53 Å². The summed E-state index contributed by atoms with van der Waals surface area (Å²) in [6.45, 7) is 4.92. The van der Waals surface area contributed by atoms with Crippen molar-refractivity contribution in [3.8, 4) is 11.1 Å². The Bertz CT molecular complexity index is 965. The lowest BCUT2D eigenvalue weighted by Crippen LogP contribution is -2.36. The SMILES string of the molecule is CC(=O)Nc1ccc(-c2ccnc(Nc3ccc(N4CCOCC4)cc3)c2)cc1. The van der Waals surface area contributed by atoms with Crippen LogP contribution in [0.25, 0.3) is 11.1 Å². The lowest BCUT2D eigenvalue weighted by Gasteiger charge is -2.28. The number of pyridine rings is 1. The van der Waals surface area contributed by atoms with Crippen LogP contribution in [0.1, 0.15) is 6.92 Å². The maximum Gasteiger partial charge on any atom is 0.221 e. The Morgan fingerprint density at radius 2 is 1.62 bits per heavy atom. The molecule has 0 unspecified atom stereocenters. The van der Waals surface area contributed by atoms with E-state index >= 15 is 0 Å². The van der Waals surface area contributed by atoms with E-state index in [1.807, 2.05) is 36.4 Å². The monoisotopic (exact) mass is 388 g/mol. The molecule has 2 heterocycles. The third kappa shape index (κ3) is 4.92. The Morgan fingerprint density at radius 3 is 2.31 bits per heavy atom. The summed E-state index contributed by atoms with van der Waals surface area (Å²) in [7, 11) is 0. The standard InChI is InChI=1S/C23H24N4O2/c1-17(28)25-20-4-2-18(3-5-20)19-10-11-24-23(16-19)26-21-6-8-22(9-7-21)27-12-14-29-15-13-27/h2-11,16H,12-15H2,1H3,(H,24,26)(H,25,28). The maximum absolute atomic E-state index is 11.2. The molecule has 2 N–H and O–H groups in total. The number of carbonyl (C=O) groups is 1. The summed E-state index contributed by atoms with van der Waals surface area (Å²) in [4.78, 5) is 17.9. The first-order chi connectivity index (χ1) is 14.2. The minimum Gasteiger partial charge on any atom is -0.378 e. The molecule has 4 rings (SSSR count). The van der Waals surface area contributed by atoms with E-state index in [2.05, 4.69) is 44.8 Å². The number of nitrogens with one attached hydrogen (secondary N) is 2. The minimum absolute atomic E-state index is 0.0761. The number of aromatic nitrogens is 1. The number of rotatable bonds is 5. The highest BCUT2D eigenvalue weighted by atomic mass is 16.5. The fourth-order valence-corrected chi connectivity index (χ4v) is 3.35. The van der Waals surface area contributed by atoms with Gasteiger partial charge in [-0.3, -0.25) is 4.79 Å². The van der Waals surface area contributed by atoms with Gasteiger partial charge >= 0.3 is 0 Å². The van der Waals surface area contributed by atoms with Gasteiger partial charge in [-0.25, -0.2) is 4.98 Å². The fourth-order valence-electron chi connectivity index (χ4n) is 3.35. The average Bonchev–Trinajstić information content (AvgIpc) is 2.75. The van der Waals surface area contributed by atoms with Crippen LogP contribution >= 0.6 is 0 Å². The zero-order valence-corrected chi connectivity index (χ0v) is 16.4. The quantitative estimate of drug-likeness (QED) is 0.683. The first-order valence-corrected chi connectivity index (χ1v) is 9.71. The van der Waals surface area contributed by atoms with Gasteiger partial charge in [0.2, 0.25) is 5.91 Å². The molecular formula is C23H24N4O2. The van der Waals surface area contributed by atoms with Crippen molar-refractivity contribution in [1.82, 2.24) is 4.98 Å². The highest BCUT2D eigenvalue weighted by molar-refractivity contribution is 5.89. The summed E-state index contributed by atoms with van der Waals surface area (Å²) in [5.74, 6) is 0.709. The average molecular weight is 388 g/mol. The van der Waals surface area contributed by atoms with Gasteiger partial charge in [-0.1, -0.05) is 12.1 Å². The number of nitrogens with zero attached hydrogens (tertiary/aromatic N) is 2. The van der Waals surface area contributed by atoms with Crippen molar-refractivity contribution in [2.45, 2.75) is 6.92 Å². The van der Waals surface area contributed by atoms with Gasteiger partial charge in [-0.15, -0.1) is 0 Å². The van der Waals surface area contributed by atoms with Crippen LogP contribution in [0.2, 0.25) is 0 Å². The molecule has 29 heavy (non-hydrogen) atoms. The van der Waals surface area contributed by atoms with E-state index in [1.54, 1.807) is 6.20 Å². The van der Waals surface area contributed by atoms with E-state index in [0.29, 0.717) is 0 Å². The molecule has 0 saturated carbocycles. The second-order valence-electron chi connectivity index (χ2n) is 6.96. The lowest BCUT2D eigenvalue weighted by atomic mass is 10.1. The normalized spacial score (nSPS) is 13.8. The number of hydrogen-bond donors (Lipinski definition) is 2. The summed E-state index contributed by atoms with van der Waals surface area (Å²) in [6, 6.07) is 20.1. The van der Waals surface area contributed by atoms with Gasteiger partial charge in [0.25, 0.3) is 0 Å². The molecule has 1 aliphatic heterocycles. The molecule has 0 atom stereocenters. The van der Waals surface area contributed by atoms with Crippen molar-refractivity contribution >= 4 is 28.8 Å². The topological polar surface area (TPSA) is 66.5 Å². The Kier molecular flexibility index (Phi) is 5.72. The Morgan fingerprint density at radius 1 is 0.931 bits per heavy atom. The number of ether oxygens (including phenoxy) is 1. The third-order valence-corrected chi connectivity index (χ3v) is 4.81. The summed E-state index contributed by atoms with van der Waals surface area (Å²) in [5.41, 5.74) is 5.11. The first kappa shape index (κ1) is 19.0. The van der Waals surface area contributed by atoms with Crippen molar-refractivity contribution in [2.24, 2.45) is 0 Å². The molecule has 3 aromatic rings. The Hall–Kier alpha value is -3.38. The largest absolute Gasteiger partial charge is 0.378 e. The summed E-state index contributed by atoms with van der Waals surface area (Å²) in [6.07, 6.45) is 1.79. The molecule has 1 saturated heterocycles. The minimum atomic E-state index is -0.0761. The molecule has 2 aromatic carbocycles. The van der Waals surface area contributed by atoms with Gasteiger partial charge in [0.1, 0.15) is 5.82 Å². The van der Waals surface area contributed by atoms with Crippen LogP contribution in [0.15, 0.2) is 66.9 Å². The van der Waals surface area contributed by atoms with Gasteiger partial charge in [0.15, 0.2) is 0 Å². The van der Waals surface area contributed by atoms with E-state index < -0.39 is 0 Å². The zero-order chi connectivity index (χ0) is 20.1. The first-order valence-electron chi connectivity index (χ1n) is 9.71. The lowest BCUT2D eigenvalue weighted by molar-refractivity contribution is -0.114. The van der Waals surface area contributed by atoms with Crippen molar-refractivity contribution < 1.29 is 9.53 Å². The molecule has 1 fully saturated rings. The molecule has 0 aliphatic carbocycles. The molecule has 148 valence electrons. The third-order valence-electron chi connectivity index (χ3n) is 4.81. The second-order valence-corrected chi connectivity index (χ2v) is 6.96. The van der Waals surface area contributed by atoms with Crippen molar-refractivity contribution in [2.75, 3.05) is 41.8 Å². The van der Waals surface area contributed by atoms with E-state index in [4.69, 9.17) is 4.74 Å². The molecule has 1 amide bonds. The van der Waals surface area contributed by atoms with E-state index in [1.165, 1.54) is 12.6 Å². The number of hydrogen-bond acceptors (Lipinski definition) is 5. The Labute approximate surface area is 170 Å². The van der Waals surface area contributed by atoms with Crippen molar-refractivity contribution in [3.05, 3.63) is 66.9 Å². The Balaban J connectivity index is 1.45. The maximum atomic E-state index is 11.2. The number of amides is 1. The summed E-state index contributed by atoms with van der Waals surface area (Å²) >= 11 is 0. The predicted octanol–water partition coefficient (Wildman–Crippen LogP) is 4.29. The predicted molar refractivity (Wildman–Crippen MR) is 117 cm³/mol. The number of benzene rings is 2. The molecule has 0 bridgehead atoms. The van der Waals surface area contributed by atoms with Crippen LogP contribution in [0.3, 0.4) is 0 Å². The molecule has 1 aliphatic rings. The molecule has 0 radical (unpaired) electrons. The van der Waals surface area contributed by atoms with Crippen LogP contribution in [0, 0.1) is 0 Å². The molecule has 0 spiro atoms. The summed E-state index contributed by atoms with van der Waals surface area (Å²) < 4.78 is 5.41. The second kappa shape index (κ2) is 8.75. The van der Waals surface area contributed by atoms with E-state index in [9.17, 15) is 4.79 Å². The number of carbonyl (C=O) groups excluding carboxylic acids is 1. The fraction of sp³-hybridized carbons (Fsp3) is 0.217. The highest BCUT2D eigenvalue weighted by Crippen LogP contribution is 2.25.